The normalized spacial score (nSPS) is 12.8. The fourth-order valence-electron chi connectivity index (χ4n) is 0.604. The van der Waals surface area contributed by atoms with Crippen LogP contribution in [0.1, 0.15) is 27.7 Å². The summed E-state index contributed by atoms with van der Waals surface area (Å²) in [6.45, 7) is 11.7. The van der Waals surface area contributed by atoms with Crippen LogP contribution in [-0.4, -0.2) is 11.7 Å². The quantitative estimate of drug-likeness (QED) is 0.508. The maximum Gasteiger partial charge on any atom is 0.0602 e. The zero-order valence-electron chi connectivity index (χ0n) is 6.19. The molecule has 0 rings (SSSR count). The molecular formula is C7H15O. The van der Waals surface area contributed by atoms with Crippen molar-refractivity contribution in [1.82, 2.24) is 0 Å². The van der Waals surface area contributed by atoms with Gasteiger partial charge >= 0.3 is 0 Å². The second-order valence-electron chi connectivity index (χ2n) is 3.04. The Hall–Kier alpha value is -0.0400. The lowest BCUT2D eigenvalue weighted by atomic mass is 10.2. The van der Waals surface area contributed by atoms with Crippen molar-refractivity contribution in [3.8, 4) is 0 Å². The number of hydrogen-bond acceptors (Lipinski definition) is 1. The van der Waals surface area contributed by atoms with Gasteiger partial charge in [0.15, 0.2) is 0 Å². The molecule has 0 aliphatic heterocycles. The van der Waals surface area contributed by atoms with Crippen molar-refractivity contribution in [3.63, 3.8) is 0 Å². The van der Waals surface area contributed by atoms with Crippen LogP contribution in [0.2, 0.25) is 0 Å². The maximum absolute atomic E-state index is 5.33. The largest absolute Gasteiger partial charge is 0.373 e. The Labute approximate surface area is 52.0 Å². The molecule has 0 aromatic heterocycles. The Morgan fingerprint density at radius 3 is 1.75 bits per heavy atom. The van der Waals surface area contributed by atoms with E-state index in [1.54, 1.807) is 0 Å². The summed E-state index contributed by atoms with van der Waals surface area (Å²) in [5.74, 6) is 0. The van der Waals surface area contributed by atoms with Gasteiger partial charge in [0.25, 0.3) is 0 Å². The molecule has 1 nitrogen and oxygen atoms in total. The first-order valence-electron chi connectivity index (χ1n) is 2.93. The van der Waals surface area contributed by atoms with Crippen LogP contribution in [0.25, 0.3) is 0 Å². The predicted octanol–water partition coefficient (Wildman–Crippen LogP) is 2.02. The summed E-state index contributed by atoms with van der Waals surface area (Å²) in [7, 11) is 0. The van der Waals surface area contributed by atoms with Gasteiger partial charge in [0, 0.05) is 0 Å². The van der Waals surface area contributed by atoms with Gasteiger partial charge in [-0.2, -0.15) is 0 Å². The average molecular weight is 115 g/mol. The topological polar surface area (TPSA) is 9.23 Å². The minimum Gasteiger partial charge on any atom is -0.373 e. The zero-order valence-corrected chi connectivity index (χ0v) is 6.19. The first kappa shape index (κ1) is 7.96. The molecule has 1 unspecified atom stereocenters. The van der Waals surface area contributed by atoms with Crippen molar-refractivity contribution in [2.75, 3.05) is 0 Å². The standard InChI is InChI=1S/C7H15O/c1-6(2)8-7(3,4)5/h6H,1H2,2-5H3. The van der Waals surface area contributed by atoms with E-state index in [1.807, 2.05) is 27.7 Å². The van der Waals surface area contributed by atoms with Crippen LogP contribution in [0.3, 0.4) is 0 Å². The molecule has 0 aromatic rings. The fourth-order valence-corrected chi connectivity index (χ4v) is 0.604. The molecule has 0 saturated heterocycles. The monoisotopic (exact) mass is 115 g/mol. The SMILES string of the molecule is [CH2]C(C)OC(C)(C)C. The van der Waals surface area contributed by atoms with E-state index >= 15 is 0 Å². The molecule has 8 heavy (non-hydrogen) atoms. The lowest BCUT2D eigenvalue weighted by molar-refractivity contribution is -0.0310. The molecule has 0 saturated carbocycles. The van der Waals surface area contributed by atoms with Crippen molar-refractivity contribution in [2.24, 2.45) is 0 Å². The van der Waals surface area contributed by atoms with Crippen LogP contribution in [0.15, 0.2) is 0 Å². The van der Waals surface area contributed by atoms with E-state index in [2.05, 4.69) is 6.92 Å². The highest BCUT2D eigenvalue weighted by atomic mass is 16.5. The van der Waals surface area contributed by atoms with E-state index in [9.17, 15) is 0 Å². The molecule has 0 N–H and O–H groups in total. The third-order valence-electron chi connectivity index (χ3n) is 0.555. The summed E-state index contributed by atoms with van der Waals surface area (Å²) >= 11 is 0. The van der Waals surface area contributed by atoms with Gasteiger partial charge in [0.2, 0.25) is 0 Å². The average Bonchev–Trinajstić information content (AvgIpc) is 1.21. The third-order valence-corrected chi connectivity index (χ3v) is 0.555. The smallest absolute Gasteiger partial charge is 0.0602 e. The molecule has 0 bridgehead atoms. The van der Waals surface area contributed by atoms with Crippen LogP contribution in [-0.2, 0) is 4.74 Å². The van der Waals surface area contributed by atoms with Crippen LogP contribution < -0.4 is 0 Å². The van der Waals surface area contributed by atoms with Crippen molar-refractivity contribution in [1.29, 1.82) is 0 Å². The van der Waals surface area contributed by atoms with E-state index in [-0.39, 0.29) is 11.7 Å². The van der Waals surface area contributed by atoms with Crippen LogP contribution >= 0.6 is 0 Å². The predicted molar refractivity (Wildman–Crippen MR) is 35.7 cm³/mol. The molecular weight excluding hydrogens is 100 g/mol. The molecule has 0 spiro atoms. The van der Waals surface area contributed by atoms with Crippen LogP contribution in [0, 0.1) is 6.92 Å². The summed E-state index contributed by atoms with van der Waals surface area (Å²) < 4.78 is 5.33. The molecule has 0 heterocycles. The van der Waals surface area contributed by atoms with Gasteiger partial charge in [-0.05, 0) is 34.6 Å². The Balaban J connectivity index is 3.39. The molecule has 1 heteroatoms. The molecule has 0 aromatic carbocycles. The molecule has 0 fully saturated rings. The minimum atomic E-state index is -0.0405. The van der Waals surface area contributed by atoms with Gasteiger partial charge < -0.3 is 4.74 Å². The van der Waals surface area contributed by atoms with Crippen LogP contribution in [0.5, 0.6) is 0 Å². The zero-order chi connectivity index (χ0) is 6.78. The van der Waals surface area contributed by atoms with Gasteiger partial charge in [-0.1, -0.05) is 0 Å². The van der Waals surface area contributed by atoms with E-state index < -0.39 is 0 Å². The van der Waals surface area contributed by atoms with E-state index in [1.165, 1.54) is 0 Å². The molecule has 0 amide bonds. The van der Waals surface area contributed by atoms with Crippen LogP contribution in [0.4, 0.5) is 0 Å². The van der Waals surface area contributed by atoms with Crippen molar-refractivity contribution >= 4 is 0 Å². The number of ether oxygens (including phenoxy) is 1. The van der Waals surface area contributed by atoms with Gasteiger partial charge in [0.1, 0.15) is 0 Å². The maximum atomic E-state index is 5.33. The highest BCUT2D eigenvalue weighted by molar-refractivity contribution is 4.63. The summed E-state index contributed by atoms with van der Waals surface area (Å²) in [6, 6.07) is 0. The van der Waals surface area contributed by atoms with Gasteiger partial charge in [-0.3, -0.25) is 0 Å². The van der Waals surface area contributed by atoms with E-state index in [0.717, 1.165) is 0 Å². The summed E-state index contributed by atoms with van der Waals surface area (Å²) in [5, 5.41) is 0. The summed E-state index contributed by atoms with van der Waals surface area (Å²) in [6.07, 6.45) is 0.0926. The Morgan fingerprint density at radius 1 is 1.38 bits per heavy atom. The second kappa shape index (κ2) is 2.49. The highest BCUT2D eigenvalue weighted by Crippen LogP contribution is 2.08. The van der Waals surface area contributed by atoms with Gasteiger partial charge in [-0.25, -0.2) is 0 Å². The Morgan fingerprint density at radius 2 is 1.75 bits per heavy atom. The van der Waals surface area contributed by atoms with Crippen molar-refractivity contribution < 1.29 is 4.74 Å². The van der Waals surface area contributed by atoms with Crippen molar-refractivity contribution in [3.05, 3.63) is 6.92 Å². The van der Waals surface area contributed by atoms with Gasteiger partial charge in [-0.15, -0.1) is 0 Å². The number of hydrogen-bond donors (Lipinski definition) is 0. The molecule has 49 valence electrons. The minimum absolute atomic E-state index is 0.0405. The highest BCUT2D eigenvalue weighted by Gasteiger charge is 2.10. The van der Waals surface area contributed by atoms with Gasteiger partial charge in [0.05, 0.1) is 11.7 Å². The first-order valence-corrected chi connectivity index (χ1v) is 2.93. The third kappa shape index (κ3) is 5.96. The molecule has 0 aliphatic carbocycles. The fraction of sp³-hybridized carbons (Fsp3) is 0.857. The number of rotatable bonds is 1. The Kier molecular flexibility index (Phi) is 2.48. The molecule has 1 radical (unpaired) electrons. The lowest BCUT2D eigenvalue weighted by Gasteiger charge is -2.22. The second-order valence-corrected chi connectivity index (χ2v) is 3.04. The molecule has 1 atom stereocenters. The van der Waals surface area contributed by atoms with E-state index in [4.69, 9.17) is 4.74 Å². The molecule has 0 aliphatic rings. The van der Waals surface area contributed by atoms with E-state index in [0.29, 0.717) is 0 Å². The van der Waals surface area contributed by atoms with Crippen molar-refractivity contribution in [2.45, 2.75) is 39.4 Å². The first-order chi connectivity index (χ1) is 3.42. The lowest BCUT2D eigenvalue weighted by Crippen LogP contribution is -2.23. The summed E-state index contributed by atoms with van der Waals surface area (Å²) in [4.78, 5) is 0. The summed E-state index contributed by atoms with van der Waals surface area (Å²) in [5.41, 5.74) is -0.0405. The Bertz CT molecular complexity index is 59.3.